The Kier molecular flexibility index (Phi) is 4.44. The average molecular weight is 290 g/mol. The van der Waals surface area contributed by atoms with Crippen molar-refractivity contribution in [3.05, 3.63) is 77.9 Å². The molecule has 2 aromatic carbocycles. The number of hydrogen-bond acceptors (Lipinski definition) is 2. The van der Waals surface area contributed by atoms with Crippen molar-refractivity contribution in [1.82, 2.24) is 5.43 Å². The van der Waals surface area contributed by atoms with Crippen LogP contribution < -0.4 is 5.43 Å². The van der Waals surface area contributed by atoms with Crippen LogP contribution in [0.15, 0.2) is 71.8 Å². The van der Waals surface area contributed by atoms with Gasteiger partial charge in [0.2, 0.25) is 5.91 Å². The minimum atomic E-state index is -0.00165. The van der Waals surface area contributed by atoms with Gasteiger partial charge in [0.05, 0.1) is 0 Å². The first-order valence-corrected chi connectivity index (χ1v) is 7.44. The molecule has 1 aliphatic rings. The molecular formula is C19H18N2O. The zero-order valence-corrected chi connectivity index (χ0v) is 12.2. The summed E-state index contributed by atoms with van der Waals surface area (Å²) >= 11 is 0. The molecule has 0 heterocycles. The Morgan fingerprint density at radius 1 is 1.05 bits per heavy atom. The van der Waals surface area contributed by atoms with Gasteiger partial charge in [-0.15, -0.1) is 0 Å². The Bertz CT molecular complexity index is 677. The Labute approximate surface area is 130 Å². The van der Waals surface area contributed by atoms with Crippen LogP contribution >= 0.6 is 0 Å². The first kappa shape index (κ1) is 14.3. The highest BCUT2D eigenvalue weighted by Crippen LogP contribution is 2.47. The number of benzene rings is 2. The molecule has 3 heteroatoms. The fraction of sp³-hybridized carbons (Fsp3) is 0.158. The third kappa shape index (κ3) is 3.70. The second-order valence-corrected chi connectivity index (χ2v) is 5.38. The summed E-state index contributed by atoms with van der Waals surface area (Å²) in [6.07, 6.45) is 6.27. The van der Waals surface area contributed by atoms with Crippen molar-refractivity contribution in [2.24, 2.45) is 11.0 Å². The zero-order valence-electron chi connectivity index (χ0n) is 12.2. The number of nitrogens with zero attached hydrogens (tertiary/aromatic N) is 1. The zero-order chi connectivity index (χ0) is 15.2. The average Bonchev–Trinajstić information content (AvgIpc) is 3.37. The van der Waals surface area contributed by atoms with Gasteiger partial charge in [-0.2, -0.15) is 5.10 Å². The van der Waals surface area contributed by atoms with E-state index in [-0.39, 0.29) is 11.8 Å². The van der Waals surface area contributed by atoms with Crippen molar-refractivity contribution in [3.8, 4) is 0 Å². The molecular weight excluding hydrogens is 272 g/mol. The molecule has 0 unspecified atom stereocenters. The number of rotatable bonds is 5. The number of hydrazone groups is 1. The molecule has 3 rings (SSSR count). The van der Waals surface area contributed by atoms with Crippen LogP contribution in [-0.4, -0.2) is 12.1 Å². The number of hydrogen-bond donors (Lipinski definition) is 1. The van der Waals surface area contributed by atoms with Gasteiger partial charge < -0.3 is 0 Å². The minimum absolute atomic E-state index is 0.00165. The molecule has 1 fully saturated rings. The molecule has 0 saturated heterocycles. The van der Waals surface area contributed by atoms with Gasteiger partial charge in [0.25, 0.3) is 0 Å². The summed E-state index contributed by atoms with van der Waals surface area (Å²) in [5.41, 5.74) is 4.95. The topological polar surface area (TPSA) is 41.5 Å². The smallest absolute Gasteiger partial charge is 0.243 e. The fourth-order valence-electron chi connectivity index (χ4n) is 2.50. The van der Waals surface area contributed by atoms with E-state index in [0.29, 0.717) is 5.92 Å². The summed E-state index contributed by atoms with van der Waals surface area (Å²) in [4.78, 5) is 12.0. The van der Waals surface area contributed by atoms with Crippen LogP contribution in [0, 0.1) is 5.92 Å². The highest BCUT2D eigenvalue weighted by molar-refractivity contribution is 5.85. The van der Waals surface area contributed by atoms with Gasteiger partial charge in [0, 0.05) is 12.1 Å². The maximum atomic E-state index is 12.0. The molecule has 1 amide bonds. The lowest BCUT2D eigenvalue weighted by Gasteiger charge is -1.99. The van der Waals surface area contributed by atoms with Crippen molar-refractivity contribution in [1.29, 1.82) is 0 Å². The van der Waals surface area contributed by atoms with Gasteiger partial charge in [-0.3, -0.25) is 4.79 Å². The molecule has 110 valence electrons. The molecule has 0 aromatic heterocycles. The molecule has 1 saturated carbocycles. The minimum Gasteiger partial charge on any atom is -0.273 e. The van der Waals surface area contributed by atoms with Gasteiger partial charge in [-0.25, -0.2) is 5.43 Å². The van der Waals surface area contributed by atoms with E-state index in [1.54, 1.807) is 6.21 Å². The third-order valence-electron chi connectivity index (χ3n) is 3.78. The first-order chi connectivity index (χ1) is 10.8. The number of allylic oxidation sites excluding steroid dienone is 1. The Morgan fingerprint density at radius 2 is 1.73 bits per heavy atom. The normalized spacial score (nSPS) is 20.4. The Hall–Kier alpha value is -2.68. The van der Waals surface area contributed by atoms with Crippen molar-refractivity contribution in [3.63, 3.8) is 0 Å². The molecule has 1 N–H and O–H groups in total. The number of carbonyl (C=O) groups is 1. The van der Waals surface area contributed by atoms with Crippen molar-refractivity contribution < 1.29 is 4.79 Å². The highest BCUT2D eigenvalue weighted by Gasteiger charge is 2.43. The highest BCUT2D eigenvalue weighted by atomic mass is 16.2. The molecule has 0 spiro atoms. The predicted octanol–water partition coefficient (Wildman–Crippen LogP) is 3.61. The quantitative estimate of drug-likeness (QED) is 0.663. The lowest BCUT2D eigenvalue weighted by Crippen LogP contribution is -2.19. The van der Waals surface area contributed by atoms with Gasteiger partial charge >= 0.3 is 0 Å². The lowest BCUT2D eigenvalue weighted by molar-refractivity contribution is -0.122. The monoisotopic (exact) mass is 290 g/mol. The molecule has 0 aliphatic heterocycles. The van der Waals surface area contributed by atoms with E-state index in [9.17, 15) is 4.79 Å². The predicted molar refractivity (Wildman–Crippen MR) is 89.4 cm³/mol. The second-order valence-electron chi connectivity index (χ2n) is 5.38. The fourth-order valence-corrected chi connectivity index (χ4v) is 2.50. The summed E-state index contributed by atoms with van der Waals surface area (Å²) in [7, 11) is 0. The maximum Gasteiger partial charge on any atom is 0.243 e. The van der Waals surface area contributed by atoms with Crippen LogP contribution in [0.25, 0.3) is 6.08 Å². The maximum absolute atomic E-state index is 12.0. The van der Waals surface area contributed by atoms with E-state index >= 15 is 0 Å². The molecule has 3 nitrogen and oxygen atoms in total. The van der Waals surface area contributed by atoms with Crippen LogP contribution in [0.1, 0.15) is 23.5 Å². The van der Waals surface area contributed by atoms with Crippen molar-refractivity contribution in [2.45, 2.75) is 12.3 Å². The van der Waals surface area contributed by atoms with Crippen molar-refractivity contribution >= 4 is 18.2 Å². The number of amides is 1. The standard InChI is InChI=1S/C19H18N2O/c22-19(18-14-17(18)16-11-5-2-6-12-16)21-20-13-7-10-15-8-3-1-4-9-15/h1-13,17-18H,14H2,(H,21,22)/b10-7+,20-13?/t17-,18+/m0/s1. The molecule has 1 aliphatic carbocycles. The van der Waals surface area contributed by atoms with Crippen LogP contribution in [0.2, 0.25) is 0 Å². The van der Waals surface area contributed by atoms with E-state index < -0.39 is 0 Å². The summed E-state index contributed by atoms with van der Waals surface area (Å²) in [6, 6.07) is 20.1. The molecule has 0 bridgehead atoms. The molecule has 2 atom stereocenters. The largest absolute Gasteiger partial charge is 0.273 e. The van der Waals surface area contributed by atoms with Gasteiger partial charge in [-0.1, -0.05) is 66.7 Å². The molecule has 2 aromatic rings. The molecule has 22 heavy (non-hydrogen) atoms. The van der Waals surface area contributed by atoms with Crippen LogP contribution in [-0.2, 0) is 4.79 Å². The second kappa shape index (κ2) is 6.85. The SMILES string of the molecule is O=C(NN=C/C=C/c1ccccc1)[C@@H]1C[C@H]1c1ccccc1. The Balaban J connectivity index is 1.46. The van der Waals surface area contributed by atoms with E-state index in [2.05, 4.69) is 22.7 Å². The number of carbonyl (C=O) groups excluding carboxylic acids is 1. The summed E-state index contributed by atoms with van der Waals surface area (Å²) < 4.78 is 0. The van der Waals surface area contributed by atoms with Gasteiger partial charge in [-0.05, 0) is 29.5 Å². The van der Waals surface area contributed by atoms with Crippen LogP contribution in [0.3, 0.4) is 0 Å². The van der Waals surface area contributed by atoms with E-state index in [0.717, 1.165) is 12.0 Å². The van der Waals surface area contributed by atoms with E-state index in [4.69, 9.17) is 0 Å². The summed E-state index contributed by atoms with van der Waals surface area (Å²) in [6.45, 7) is 0. The van der Waals surface area contributed by atoms with Crippen molar-refractivity contribution in [2.75, 3.05) is 0 Å². The van der Waals surface area contributed by atoms with Gasteiger partial charge in [0.15, 0.2) is 0 Å². The lowest BCUT2D eigenvalue weighted by atomic mass is 10.1. The third-order valence-corrected chi connectivity index (χ3v) is 3.78. The van der Waals surface area contributed by atoms with Crippen LogP contribution in [0.4, 0.5) is 0 Å². The first-order valence-electron chi connectivity index (χ1n) is 7.44. The van der Waals surface area contributed by atoms with E-state index in [1.807, 2.05) is 60.7 Å². The summed E-state index contributed by atoms with van der Waals surface area (Å²) in [5.74, 6) is 0.395. The Morgan fingerprint density at radius 3 is 2.45 bits per heavy atom. The molecule has 0 radical (unpaired) electrons. The van der Waals surface area contributed by atoms with Crippen LogP contribution in [0.5, 0.6) is 0 Å². The van der Waals surface area contributed by atoms with E-state index in [1.165, 1.54) is 5.56 Å². The van der Waals surface area contributed by atoms with Gasteiger partial charge in [0.1, 0.15) is 0 Å². The summed E-state index contributed by atoms with van der Waals surface area (Å²) in [5, 5.41) is 3.96. The number of nitrogens with one attached hydrogen (secondary N) is 1.